The second-order valence-corrected chi connectivity index (χ2v) is 9.97. The molecule has 168 valence electrons. The predicted molar refractivity (Wildman–Crippen MR) is 116 cm³/mol. The molecule has 1 amide bonds. The van der Waals surface area contributed by atoms with E-state index in [4.69, 9.17) is 18.9 Å². The van der Waals surface area contributed by atoms with E-state index >= 15 is 0 Å². The number of nitrogens with zero attached hydrogens (tertiary/aromatic N) is 2. The van der Waals surface area contributed by atoms with Crippen LogP contribution in [0.1, 0.15) is 60.3 Å². The van der Waals surface area contributed by atoms with Crippen LogP contribution in [0.15, 0.2) is 18.2 Å². The molecule has 1 aromatic rings. The number of carbonyl (C=O) groups is 1. The third-order valence-electron chi connectivity index (χ3n) is 6.02. The summed E-state index contributed by atoms with van der Waals surface area (Å²) >= 11 is 0. The van der Waals surface area contributed by atoms with Crippen molar-refractivity contribution in [3.63, 3.8) is 0 Å². The largest absolute Gasteiger partial charge is 0.496 e. The zero-order valence-electron chi connectivity index (χ0n) is 19.6. The number of ether oxygens (including phenoxy) is 4. The number of benzene rings is 1. The third kappa shape index (κ3) is 4.67. The van der Waals surface area contributed by atoms with E-state index in [1.54, 1.807) is 12.0 Å². The molecular formula is C23H36N2O5. The van der Waals surface area contributed by atoms with E-state index in [9.17, 15) is 4.79 Å². The first-order valence-corrected chi connectivity index (χ1v) is 10.6. The van der Waals surface area contributed by atoms with Crippen molar-refractivity contribution in [2.45, 2.75) is 71.6 Å². The molecule has 2 saturated heterocycles. The number of hydrogen-bond donors (Lipinski definition) is 0. The second-order valence-electron chi connectivity index (χ2n) is 9.97. The number of anilines is 1. The molecule has 30 heavy (non-hydrogen) atoms. The maximum Gasteiger partial charge on any atom is 0.410 e. The summed E-state index contributed by atoms with van der Waals surface area (Å²) in [5.41, 5.74) is 0.645. The Hall–Kier alpha value is -1.99. The van der Waals surface area contributed by atoms with Crippen LogP contribution in [0.3, 0.4) is 0 Å². The van der Waals surface area contributed by atoms with E-state index in [0.29, 0.717) is 13.1 Å². The van der Waals surface area contributed by atoms with Crippen molar-refractivity contribution in [1.82, 2.24) is 4.90 Å². The highest BCUT2D eigenvalue weighted by molar-refractivity contribution is 5.68. The molecule has 3 rings (SSSR count). The Balaban J connectivity index is 1.69. The van der Waals surface area contributed by atoms with Gasteiger partial charge in [0, 0.05) is 43.5 Å². The van der Waals surface area contributed by atoms with Crippen LogP contribution in [-0.4, -0.2) is 61.1 Å². The summed E-state index contributed by atoms with van der Waals surface area (Å²) in [6, 6.07) is 6.09. The molecule has 2 aliphatic rings. The molecule has 7 heteroatoms. The van der Waals surface area contributed by atoms with Gasteiger partial charge in [0.05, 0.1) is 18.3 Å². The lowest BCUT2D eigenvalue weighted by atomic mass is 9.90. The molecule has 7 nitrogen and oxygen atoms in total. The van der Waals surface area contributed by atoms with Gasteiger partial charge in [0.15, 0.2) is 6.29 Å². The van der Waals surface area contributed by atoms with E-state index in [-0.39, 0.29) is 6.09 Å². The Bertz CT molecular complexity index is 760. The fourth-order valence-corrected chi connectivity index (χ4v) is 3.53. The van der Waals surface area contributed by atoms with Gasteiger partial charge in [-0.15, -0.1) is 0 Å². The van der Waals surface area contributed by atoms with Crippen LogP contribution in [0.5, 0.6) is 5.75 Å². The minimum absolute atomic E-state index is 0.254. The molecule has 2 heterocycles. The second kappa shape index (κ2) is 7.93. The van der Waals surface area contributed by atoms with Crippen LogP contribution in [0.2, 0.25) is 0 Å². The third-order valence-corrected chi connectivity index (χ3v) is 6.02. The van der Waals surface area contributed by atoms with E-state index in [1.807, 2.05) is 60.6 Å². The van der Waals surface area contributed by atoms with Gasteiger partial charge in [-0.25, -0.2) is 4.79 Å². The van der Waals surface area contributed by atoms with Gasteiger partial charge in [0.1, 0.15) is 11.4 Å². The molecule has 0 aromatic heterocycles. The Morgan fingerprint density at radius 1 is 1.03 bits per heavy atom. The lowest BCUT2D eigenvalue weighted by molar-refractivity contribution is -0.0905. The van der Waals surface area contributed by atoms with Crippen LogP contribution < -0.4 is 9.64 Å². The molecule has 0 N–H and O–H groups in total. The van der Waals surface area contributed by atoms with Gasteiger partial charge in [-0.1, -0.05) is 0 Å². The maximum atomic E-state index is 12.3. The monoisotopic (exact) mass is 420 g/mol. The van der Waals surface area contributed by atoms with Crippen LogP contribution in [0.25, 0.3) is 0 Å². The smallest absolute Gasteiger partial charge is 0.410 e. The van der Waals surface area contributed by atoms with Gasteiger partial charge in [0.25, 0.3) is 0 Å². The number of amides is 1. The first kappa shape index (κ1) is 22.7. The Labute approximate surface area is 180 Å². The van der Waals surface area contributed by atoms with E-state index in [1.165, 1.54) is 0 Å². The number of carbonyl (C=O) groups excluding carboxylic acids is 1. The average Bonchev–Trinajstić information content (AvgIpc) is 2.87. The molecule has 0 unspecified atom stereocenters. The summed E-state index contributed by atoms with van der Waals surface area (Å²) in [6.07, 6.45) is -0.723. The van der Waals surface area contributed by atoms with Crippen LogP contribution in [-0.2, 0) is 14.2 Å². The highest BCUT2D eigenvalue weighted by Gasteiger charge is 2.50. The topological polar surface area (TPSA) is 60.5 Å². The molecule has 1 aromatic carbocycles. The fraction of sp³-hybridized carbons (Fsp3) is 0.696. The van der Waals surface area contributed by atoms with Crippen molar-refractivity contribution in [3.05, 3.63) is 23.8 Å². The molecule has 0 atom stereocenters. The zero-order chi connectivity index (χ0) is 22.3. The summed E-state index contributed by atoms with van der Waals surface area (Å²) in [6.45, 7) is 16.5. The first-order chi connectivity index (χ1) is 13.8. The van der Waals surface area contributed by atoms with Crippen molar-refractivity contribution in [3.8, 4) is 5.75 Å². The number of hydrogen-bond acceptors (Lipinski definition) is 6. The molecule has 2 aliphatic heterocycles. The van der Waals surface area contributed by atoms with Crippen LogP contribution in [0.4, 0.5) is 10.5 Å². The minimum Gasteiger partial charge on any atom is -0.496 e. The summed E-state index contributed by atoms with van der Waals surface area (Å²) < 4.78 is 23.5. The Kier molecular flexibility index (Phi) is 6.00. The SMILES string of the molecule is COc1cc(N2CCN(C(=O)OC(C)(C)C)CC2)ccc1C1OC(C)(C)C(C)(C)O1. The number of piperazine rings is 1. The summed E-state index contributed by atoms with van der Waals surface area (Å²) in [5.74, 6) is 0.737. The van der Waals surface area contributed by atoms with E-state index < -0.39 is 23.1 Å². The minimum atomic E-state index is -0.481. The zero-order valence-corrected chi connectivity index (χ0v) is 19.6. The molecule has 0 aliphatic carbocycles. The molecule has 0 bridgehead atoms. The maximum absolute atomic E-state index is 12.3. The van der Waals surface area contributed by atoms with Gasteiger partial charge in [-0.05, 0) is 60.6 Å². The molecule has 0 spiro atoms. The average molecular weight is 421 g/mol. The van der Waals surface area contributed by atoms with Gasteiger partial charge >= 0.3 is 6.09 Å². The summed E-state index contributed by atoms with van der Waals surface area (Å²) in [5, 5.41) is 0. The predicted octanol–water partition coefficient (Wildman–Crippen LogP) is 4.35. The quantitative estimate of drug-likeness (QED) is 0.724. The normalized spacial score (nSPS) is 21.6. The first-order valence-electron chi connectivity index (χ1n) is 10.6. The summed E-state index contributed by atoms with van der Waals surface area (Å²) in [4.78, 5) is 16.3. The van der Waals surface area contributed by atoms with Gasteiger partial charge < -0.3 is 28.7 Å². The van der Waals surface area contributed by atoms with Crippen molar-refractivity contribution in [2.24, 2.45) is 0 Å². The molecular weight excluding hydrogens is 384 g/mol. The molecule has 0 radical (unpaired) electrons. The number of methoxy groups -OCH3 is 1. The number of rotatable bonds is 3. The fourth-order valence-electron chi connectivity index (χ4n) is 3.53. The van der Waals surface area contributed by atoms with Crippen molar-refractivity contribution < 1.29 is 23.7 Å². The van der Waals surface area contributed by atoms with Gasteiger partial charge in [-0.3, -0.25) is 0 Å². The Morgan fingerprint density at radius 2 is 1.60 bits per heavy atom. The molecule has 2 fully saturated rings. The summed E-state index contributed by atoms with van der Waals surface area (Å²) in [7, 11) is 1.66. The molecule has 0 saturated carbocycles. The van der Waals surface area contributed by atoms with Crippen molar-refractivity contribution in [2.75, 3.05) is 38.2 Å². The lowest BCUT2D eigenvalue weighted by Crippen LogP contribution is -2.50. The van der Waals surface area contributed by atoms with E-state index in [0.717, 1.165) is 30.1 Å². The van der Waals surface area contributed by atoms with Gasteiger partial charge in [-0.2, -0.15) is 0 Å². The van der Waals surface area contributed by atoms with Crippen LogP contribution >= 0.6 is 0 Å². The highest BCUT2D eigenvalue weighted by atomic mass is 16.7. The van der Waals surface area contributed by atoms with Crippen molar-refractivity contribution >= 4 is 11.8 Å². The lowest BCUT2D eigenvalue weighted by Gasteiger charge is -2.37. The Morgan fingerprint density at radius 3 is 2.10 bits per heavy atom. The van der Waals surface area contributed by atoms with Crippen molar-refractivity contribution in [1.29, 1.82) is 0 Å². The standard InChI is InChI=1S/C23H36N2O5/c1-21(2,3)30-20(26)25-13-11-24(12-14-25)16-9-10-17(18(15-16)27-8)19-28-22(4,5)23(6,7)29-19/h9-10,15,19H,11-14H2,1-8H3. The van der Waals surface area contributed by atoms with Gasteiger partial charge in [0.2, 0.25) is 0 Å². The van der Waals surface area contributed by atoms with E-state index in [2.05, 4.69) is 11.0 Å². The van der Waals surface area contributed by atoms with Crippen LogP contribution in [0, 0.1) is 0 Å². The highest BCUT2D eigenvalue weighted by Crippen LogP contribution is 2.47.